The first-order valence-corrected chi connectivity index (χ1v) is 4.25. The van der Waals surface area contributed by atoms with E-state index in [0.717, 1.165) is 0 Å². The normalized spacial score (nSPS) is 9.57. The molecule has 0 atom stereocenters. The Labute approximate surface area is 90.0 Å². The molecule has 0 amide bonds. The van der Waals surface area contributed by atoms with Crippen LogP contribution in [0, 0.1) is 23.6 Å². The van der Waals surface area contributed by atoms with Crippen LogP contribution in [-0.4, -0.2) is 4.92 Å². The predicted molar refractivity (Wildman–Crippen MR) is 54.1 cm³/mol. The number of nitro groups is 1. The molecule has 0 radical (unpaired) electrons. The van der Waals surface area contributed by atoms with Crippen LogP contribution in [0.3, 0.4) is 0 Å². The fraction of sp³-hybridized carbons (Fsp3) is 0.125. The third kappa shape index (κ3) is 1.65. The van der Waals surface area contributed by atoms with E-state index in [4.69, 9.17) is 29.8 Å². The van der Waals surface area contributed by atoms with Crippen LogP contribution in [0.1, 0.15) is 5.56 Å². The minimum atomic E-state index is -0.661. The minimum absolute atomic E-state index is 0.0755. The van der Waals surface area contributed by atoms with Crippen LogP contribution in [-0.2, 0) is 0 Å². The SMILES string of the molecule is [C-]#[N+]c1cc(Cl)c([N+](=O)[O-])c(Cl)c1C. The van der Waals surface area contributed by atoms with Crippen molar-refractivity contribution in [2.24, 2.45) is 0 Å². The summed E-state index contributed by atoms with van der Waals surface area (Å²) >= 11 is 11.3. The summed E-state index contributed by atoms with van der Waals surface area (Å²) in [4.78, 5) is 13.0. The Morgan fingerprint density at radius 1 is 1.57 bits per heavy atom. The lowest BCUT2D eigenvalue weighted by Crippen LogP contribution is -1.92. The Morgan fingerprint density at radius 3 is 2.57 bits per heavy atom. The fourth-order valence-electron chi connectivity index (χ4n) is 0.975. The lowest BCUT2D eigenvalue weighted by atomic mass is 10.2. The van der Waals surface area contributed by atoms with Crippen LogP contribution in [0.2, 0.25) is 10.0 Å². The number of benzene rings is 1. The molecule has 4 nitrogen and oxygen atoms in total. The summed E-state index contributed by atoms with van der Waals surface area (Å²) in [5.74, 6) is 0. The van der Waals surface area contributed by atoms with Gasteiger partial charge in [0.1, 0.15) is 10.0 Å². The number of rotatable bonds is 1. The maximum atomic E-state index is 10.6. The smallest absolute Gasteiger partial charge is 0.258 e. The molecule has 0 heterocycles. The summed E-state index contributed by atoms with van der Waals surface area (Å²) in [6.45, 7) is 8.33. The minimum Gasteiger partial charge on any atom is -0.258 e. The Morgan fingerprint density at radius 2 is 2.14 bits per heavy atom. The quantitative estimate of drug-likeness (QED) is 0.419. The van der Waals surface area contributed by atoms with Gasteiger partial charge in [0.2, 0.25) is 0 Å². The standard InChI is InChI=1S/C8H4Cl2N2O2/c1-4-6(11-2)3-5(9)8(7(4)10)12(13)14/h3H,1H3. The van der Waals surface area contributed by atoms with Crippen molar-refractivity contribution in [3.63, 3.8) is 0 Å². The van der Waals surface area contributed by atoms with Gasteiger partial charge in [0.05, 0.1) is 11.5 Å². The first-order valence-electron chi connectivity index (χ1n) is 3.49. The molecule has 0 aromatic heterocycles. The molecule has 1 aromatic rings. The Kier molecular flexibility index (Phi) is 2.94. The van der Waals surface area contributed by atoms with Crippen molar-refractivity contribution in [1.29, 1.82) is 0 Å². The Bertz CT molecular complexity index is 452. The molecule has 6 heteroatoms. The predicted octanol–water partition coefficient (Wildman–Crippen LogP) is 3.76. The van der Waals surface area contributed by atoms with Crippen molar-refractivity contribution < 1.29 is 4.92 Å². The summed E-state index contributed by atoms with van der Waals surface area (Å²) in [6.07, 6.45) is 0. The Hall–Kier alpha value is -1.31. The maximum absolute atomic E-state index is 10.6. The van der Waals surface area contributed by atoms with Gasteiger partial charge < -0.3 is 0 Å². The van der Waals surface area contributed by atoms with Crippen molar-refractivity contribution in [3.05, 3.63) is 43.2 Å². The molecular formula is C8H4Cl2N2O2. The third-order valence-electron chi connectivity index (χ3n) is 1.71. The molecule has 0 unspecified atom stereocenters. The zero-order chi connectivity index (χ0) is 10.9. The third-order valence-corrected chi connectivity index (χ3v) is 2.46. The highest BCUT2D eigenvalue weighted by Gasteiger charge is 2.21. The molecule has 0 spiro atoms. The van der Waals surface area contributed by atoms with E-state index in [-0.39, 0.29) is 21.4 Å². The second-order valence-electron chi connectivity index (χ2n) is 2.53. The van der Waals surface area contributed by atoms with Crippen LogP contribution in [0.25, 0.3) is 4.85 Å². The van der Waals surface area contributed by atoms with Gasteiger partial charge in [-0.25, -0.2) is 4.85 Å². The molecule has 0 aliphatic rings. The largest absolute Gasteiger partial charge is 0.303 e. The molecule has 0 fully saturated rings. The molecule has 0 bridgehead atoms. The van der Waals surface area contributed by atoms with Gasteiger partial charge in [-0.3, -0.25) is 10.1 Å². The van der Waals surface area contributed by atoms with Gasteiger partial charge in [-0.15, -0.1) is 0 Å². The van der Waals surface area contributed by atoms with Gasteiger partial charge in [-0.1, -0.05) is 23.2 Å². The highest BCUT2D eigenvalue weighted by atomic mass is 35.5. The van der Waals surface area contributed by atoms with E-state index in [9.17, 15) is 10.1 Å². The number of hydrogen-bond donors (Lipinski definition) is 0. The summed E-state index contributed by atoms with van der Waals surface area (Å²) in [5, 5.41) is 10.4. The van der Waals surface area contributed by atoms with Crippen molar-refractivity contribution in [2.45, 2.75) is 6.92 Å². The molecule has 0 aliphatic carbocycles. The number of nitro benzene ring substituents is 1. The van der Waals surface area contributed by atoms with E-state index in [1.54, 1.807) is 6.92 Å². The molecule has 0 aliphatic heterocycles. The monoisotopic (exact) mass is 230 g/mol. The van der Waals surface area contributed by atoms with E-state index in [2.05, 4.69) is 4.85 Å². The average Bonchev–Trinajstić information content (AvgIpc) is 2.10. The van der Waals surface area contributed by atoms with Crippen molar-refractivity contribution in [2.75, 3.05) is 0 Å². The molecule has 14 heavy (non-hydrogen) atoms. The van der Waals surface area contributed by atoms with Crippen molar-refractivity contribution in [1.82, 2.24) is 0 Å². The first kappa shape index (κ1) is 10.8. The molecule has 0 saturated heterocycles. The fourth-order valence-corrected chi connectivity index (χ4v) is 1.56. The van der Waals surface area contributed by atoms with Crippen molar-refractivity contribution in [3.8, 4) is 0 Å². The number of nitrogens with zero attached hydrogens (tertiary/aromatic N) is 2. The van der Waals surface area contributed by atoms with E-state index in [0.29, 0.717) is 5.56 Å². The maximum Gasteiger partial charge on any atom is 0.303 e. The van der Waals surface area contributed by atoms with Gasteiger partial charge >= 0.3 is 5.69 Å². The number of halogens is 2. The van der Waals surface area contributed by atoms with Crippen LogP contribution in [0.4, 0.5) is 11.4 Å². The topological polar surface area (TPSA) is 47.5 Å². The highest BCUT2D eigenvalue weighted by Crippen LogP contribution is 2.40. The molecular weight excluding hydrogens is 227 g/mol. The number of hydrogen-bond acceptors (Lipinski definition) is 2. The Balaban J connectivity index is 3.59. The summed E-state index contributed by atoms with van der Waals surface area (Å²) < 4.78 is 0. The van der Waals surface area contributed by atoms with Crippen LogP contribution in [0.5, 0.6) is 0 Å². The summed E-state index contributed by atoms with van der Waals surface area (Å²) in [5.41, 5.74) is 0.251. The lowest BCUT2D eigenvalue weighted by Gasteiger charge is -2.03. The van der Waals surface area contributed by atoms with Gasteiger partial charge in [-0.2, -0.15) is 0 Å². The average molecular weight is 231 g/mol. The van der Waals surface area contributed by atoms with Gasteiger partial charge in [0, 0.05) is 0 Å². The van der Waals surface area contributed by atoms with Gasteiger partial charge in [0.15, 0.2) is 5.69 Å². The molecule has 1 rings (SSSR count). The van der Waals surface area contributed by atoms with Crippen LogP contribution >= 0.6 is 23.2 Å². The zero-order valence-corrected chi connectivity index (χ0v) is 8.56. The van der Waals surface area contributed by atoms with Crippen molar-refractivity contribution >= 4 is 34.6 Å². The molecule has 0 saturated carbocycles. The van der Waals surface area contributed by atoms with E-state index in [1.165, 1.54) is 6.07 Å². The second-order valence-corrected chi connectivity index (χ2v) is 3.32. The molecule has 72 valence electrons. The molecule has 0 N–H and O–H groups in total. The van der Waals surface area contributed by atoms with Gasteiger partial charge in [0.25, 0.3) is 0 Å². The zero-order valence-electron chi connectivity index (χ0n) is 7.04. The first-order chi connectivity index (χ1) is 6.49. The summed E-state index contributed by atoms with van der Waals surface area (Å²) in [6, 6.07) is 1.24. The van der Waals surface area contributed by atoms with Gasteiger partial charge in [-0.05, 0) is 18.6 Å². The second kappa shape index (κ2) is 3.82. The lowest BCUT2D eigenvalue weighted by molar-refractivity contribution is -0.384. The van der Waals surface area contributed by atoms with Crippen LogP contribution < -0.4 is 0 Å². The molecule has 1 aromatic carbocycles. The highest BCUT2D eigenvalue weighted by molar-refractivity contribution is 6.39. The summed E-state index contributed by atoms with van der Waals surface area (Å²) in [7, 11) is 0. The van der Waals surface area contributed by atoms with E-state index in [1.807, 2.05) is 0 Å². The van der Waals surface area contributed by atoms with E-state index < -0.39 is 4.92 Å². The van der Waals surface area contributed by atoms with E-state index >= 15 is 0 Å². The van der Waals surface area contributed by atoms with Crippen LogP contribution in [0.15, 0.2) is 6.07 Å².